The molecule has 6 atom stereocenters. The second-order valence-corrected chi connectivity index (χ2v) is 8.22. The van der Waals surface area contributed by atoms with E-state index in [1.807, 2.05) is 30.3 Å². The summed E-state index contributed by atoms with van der Waals surface area (Å²) in [7, 11) is 1.25. The lowest BCUT2D eigenvalue weighted by Gasteiger charge is -2.49. The van der Waals surface area contributed by atoms with Crippen molar-refractivity contribution in [3.8, 4) is 5.75 Å². The first-order valence-corrected chi connectivity index (χ1v) is 11.3. The predicted octanol–water partition coefficient (Wildman–Crippen LogP) is 1.67. The Kier molecular flexibility index (Phi) is 8.16. The lowest BCUT2D eigenvalue weighted by Crippen LogP contribution is -2.68. The second kappa shape index (κ2) is 11.5. The Morgan fingerprint density at radius 1 is 1.06 bits per heavy atom. The summed E-state index contributed by atoms with van der Waals surface area (Å²) in [6.45, 7) is 0.746. The van der Waals surface area contributed by atoms with Crippen LogP contribution in [0.5, 0.6) is 5.75 Å². The van der Waals surface area contributed by atoms with Crippen molar-refractivity contribution in [2.24, 2.45) is 0 Å². The van der Waals surface area contributed by atoms with Crippen LogP contribution in [0.3, 0.4) is 0 Å². The Bertz CT molecular complexity index is 1080. The summed E-state index contributed by atoms with van der Waals surface area (Å²) in [5.41, 5.74) is 0.907. The molecule has 0 bridgehead atoms. The number of esters is 1. The topological polar surface area (TPSA) is 139 Å². The van der Waals surface area contributed by atoms with E-state index in [4.69, 9.17) is 28.4 Å². The van der Waals surface area contributed by atoms with E-state index >= 15 is 0 Å². The molecule has 2 aromatic rings. The Labute approximate surface area is 207 Å². The fraction of sp³-hybridized carbons (Fsp3) is 0.400. The fourth-order valence-corrected chi connectivity index (χ4v) is 4.18. The van der Waals surface area contributed by atoms with Gasteiger partial charge in [0.2, 0.25) is 12.2 Å². The number of carbonyl (C=O) groups is 3. The van der Waals surface area contributed by atoms with Crippen LogP contribution in [0.2, 0.25) is 0 Å². The molecular weight excluding hydrogens is 474 g/mol. The van der Waals surface area contributed by atoms with Gasteiger partial charge in [-0.25, -0.2) is 9.59 Å². The first-order valence-electron chi connectivity index (χ1n) is 11.3. The van der Waals surface area contributed by atoms with Gasteiger partial charge in [0, 0.05) is 12.5 Å². The molecule has 2 fully saturated rings. The minimum Gasteiger partial charge on any atom is -0.480 e. The van der Waals surface area contributed by atoms with Crippen LogP contribution in [0, 0.1) is 0 Å². The molecule has 2 N–H and O–H groups in total. The lowest BCUT2D eigenvalue weighted by atomic mass is 9.95. The highest BCUT2D eigenvalue weighted by atomic mass is 16.8. The normalized spacial score (nSPS) is 27.4. The van der Waals surface area contributed by atoms with Crippen molar-refractivity contribution in [1.82, 2.24) is 5.32 Å². The van der Waals surface area contributed by atoms with Gasteiger partial charge in [0.1, 0.15) is 42.3 Å². The Morgan fingerprint density at radius 2 is 1.78 bits per heavy atom. The van der Waals surface area contributed by atoms with Crippen LogP contribution < -0.4 is 10.1 Å². The van der Waals surface area contributed by atoms with Gasteiger partial charge in [-0.3, -0.25) is 4.79 Å². The van der Waals surface area contributed by atoms with Gasteiger partial charge in [-0.2, -0.15) is 0 Å². The van der Waals surface area contributed by atoms with Gasteiger partial charge in [-0.15, -0.1) is 0 Å². The Balaban J connectivity index is 1.65. The van der Waals surface area contributed by atoms with E-state index in [9.17, 15) is 19.5 Å². The number of hydrogen-bond donors (Lipinski definition) is 2. The molecule has 0 aliphatic carbocycles. The van der Waals surface area contributed by atoms with Gasteiger partial charge in [-0.1, -0.05) is 42.5 Å². The molecular formula is C25H27NO10. The van der Waals surface area contributed by atoms with Crippen molar-refractivity contribution in [3.63, 3.8) is 0 Å². The quantitative estimate of drug-likeness (QED) is 0.514. The van der Waals surface area contributed by atoms with Crippen LogP contribution in [0.25, 0.3) is 0 Å². The summed E-state index contributed by atoms with van der Waals surface area (Å²) in [5.74, 6) is -2.09. The number of ether oxygens (including phenoxy) is 6. The molecule has 0 spiro atoms. The maximum atomic E-state index is 12.2. The van der Waals surface area contributed by atoms with Gasteiger partial charge in [0.15, 0.2) is 6.29 Å². The van der Waals surface area contributed by atoms with E-state index in [0.717, 1.165) is 5.56 Å². The summed E-state index contributed by atoms with van der Waals surface area (Å²) >= 11 is 0. The monoisotopic (exact) mass is 501 g/mol. The maximum absolute atomic E-state index is 12.2. The van der Waals surface area contributed by atoms with Crippen molar-refractivity contribution >= 4 is 17.8 Å². The van der Waals surface area contributed by atoms with Crippen molar-refractivity contribution in [2.45, 2.75) is 43.9 Å². The van der Waals surface area contributed by atoms with Crippen LogP contribution in [-0.4, -0.2) is 73.9 Å². The van der Waals surface area contributed by atoms with Gasteiger partial charge in [0.05, 0.1) is 13.7 Å². The number of carboxylic acid groups (broad SMARTS) is 1. The number of fused-ring (bicyclic) bond motifs is 1. The van der Waals surface area contributed by atoms with E-state index in [1.54, 1.807) is 18.2 Å². The smallest absolute Gasteiger partial charge is 0.341 e. The zero-order valence-corrected chi connectivity index (χ0v) is 19.7. The number of hydrogen-bond acceptors (Lipinski definition) is 9. The standard InChI is InChI=1S/C25H27NO10/c1-14(27)26-20-22(32-13-19(28)29)21-18(12-33-24(36-21)15-8-4-3-5-9-15)35-25(20)34-17-11-7-6-10-16(17)23(30)31-2/h3-11,18,20-22,24-25H,12-13H2,1-2H3,(H,26,27)(H,28,29). The molecule has 2 saturated heterocycles. The molecule has 2 heterocycles. The van der Waals surface area contributed by atoms with Crippen molar-refractivity contribution in [1.29, 1.82) is 0 Å². The fourth-order valence-electron chi connectivity index (χ4n) is 4.18. The molecule has 0 aromatic heterocycles. The van der Waals surface area contributed by atoms with Crippen molar-refractivity contribution in [2.75, 3.05) is 20.3 Å². The zero-order chi connectivity index (χ0) is 25.7. The highest BCUT2D eigenvalue weighted by Crippen LogP contribution is 2.36. The Morgan fingerprint density at radius 3 is 2.47 bits per heavy atom. The molecule has 2 aromatic carbocycles. The highest BCUT2D eigenvalue weighted by molar-refractivity contribution is 5.92. The summed E-state index contributed by atoms with van der Waals surface area (Å²) in [6, 6.07) is 14.6. The number of benzene rings is 2. The first-order chi connectivity index (χ1) is 17.4. The van der Waals surface area contributed by atoms with E-state index in [-0.39, 0.29) is 17.9 Å². The summed E-state index contributed by atoms with van der Waals surface area (Å²) in [5, 5.41) is 12.0. The lowest BCUT2D eigenvalue weighted by molar-refractivity contribution is -0.337. The number of methoxy groups -OCH3 is 1. The minimum atomic E-state index is -1.19. The third-order valence-corrected chi connectivity index (χ3v) is 5.72. The number of para-hydroxylation sites is 1. The van der Waals surface area contributed by atoms with Crippen LogP contribution in [0.15, 0.2) is 54.6 Å². The summed E-state index contributed by atoms with van der Waals surface area (Å²) < 4.78 is 34.8. The highest BCUT2D eigenvalue weighted by Gasteiger charge is 2.52. The number of nitrogens with one attached hydrogen (secondary N) is 1. The average molecular weight is 501 g/mol. The zero-order valence-electron chi connectivity index (χ0n) is 19.7. The molecule has 0 saturated carbocycles. The molecule has 6 unspecified atom stereocenters. The van der Waals surface area contributed by atoms with Crippen LogP contribution in [-0.2, 0) is 33.3 Å². The van der Waals surface area contributed by atoms with Gasteiger partial charge >= 0.3 is 11.9 Å². The molecule has 0 radical (unpaired) electrons. The molecule has 192 valence electrons. The SMILES string of the molecule is COC(=O)c1ccccc1OC1OC2COC(c3ccccc3)OC2C(OCC(=O)O)C1NC(C)=O. The minimum absolute atomic E-state index is 0.0858. The van der Waals surface area contributed by atoms with Gasteiger partial charge in [-0.05, 0) is 12.1 Å². The number of carbonyl (C=O) groups excluding carboxylic acids is 2. The predicted molar refractivity (Wildman–Crippen MR) is 122 cm³/mol. The van der Waals surface area contributed by atoms with Gasteiger partial charge < -0.3 is 38.8 Å². The molecule has 11 nitrogen and oxygen atoms in total. The molecule has 2 aliphatic rings. The summed E-state index contributed by atoms with van der Waals surface area (Å²) in [6.07, 6.45) is -4.41. The van der Waals surface area contributed by atoms with E-state index in [2.05, 4.69) is 5.32 Å². The molecule has 2 aliphatic heterocycles. The number of amides is 1. The van der Waals surface area contributed by atoms with Crippen LogP contribution in [0.4, 0.5) is 0 Å². The third kappa shape index (κ3) is 5.82. The van der Waals surface area contributed by atoms with Crippen LogP contribution >= 0.6 is 0 Å². The summed E-state index contributed by atoms with van der Waals surface area (Å²) in [4.78, 5) is 35.7. The molecule has 4 rings (SSSR count). The third-order valence-electron chi connectivity index (χ3n) is 5.72. The van der Waals surface area contributed by atoms with Crippen LogP contribution in [0.1, 0.15) is 29.1 Å². The van der Waals surface area contributed by atoms with Crippen molar-refractivity contribution < 1.29 is 47.9 Å². The van der Waals surface area contributed by atoms with E-state index < -0.39 is 61.4 Å². The molecule has 1 amide bonds. The Hall–Kier alpha value is -3.51. The molecule has 11 heteroatoms. The molecule has 36 heavy (non-hydrogen) atoms. The van der Waals surface area contributed by atoms with Gasteiger partial charge in [0.25, 0.3) is 0 Å². The van der Waals surface area contributed by atoms with Crippen molar-refractivity contribution in [3.05, 3.63) is 65.7 Å². The maximum Gasteiger partial charge on any atom is 0.341 e. The average Bonchev–Trinajstić information content (AvgIpc) is 2.88. The first kappa shape index (κ1) is 25.6. The number of rotatable bonds is 8. The number of aliphatic carboxylic acids is 1. The van der Waals surface area contributed by atoms with E-state index in [0.29, 0.717) is 0 Å². The largest absolute Gasteiger partial charge is 0.480 e. The van der Waals surface area contributed by atoms with E-state index in [1.165, 1.54) is 20.1 Å². The second-order valence-electron chi connectivity index (χ2n) is 8.22. The number of carboxylic acids is 1.